The van der Waals surface area contributed by atoms with E-state index in [0.29, 0.717) is 42.6 Å². The normalized spacial score (nSPS) is 28.5. The lowest BCUT2D eigenvalue weighted by Crippen LogP contribution is -2.50. The molecule has 1 saturated carbocycles. The fourth-order valence-corrected chi connectivity index (χ4v) is 6.55. The predicted molar refractivity (Wildman–Crippen MR) is 143 cm³/mol. The first kappa shape index (κ1) is 26.7. The molecule has 1 aromatic rings. The Bertz CT molecular complexity index is 814. The Hall–Kier alpha value is -0.900. The Morgan fingerprint density at radius 2 is 2.00 bits per heavy atom. The van der Waals surface area contributed by atoms with Gasteiger partial charge in [-0.05, 0) is 80.2 Å². The van der Waals surface area contributed by atoms with Gasteiger partial charge >= 0.3 is 0 Å². The molecule has 0 bridgehead atoms. The number of amides is 2. The summed E-state index contributed by atoms with van der Waals surface area (Å²) < 4.78 is 0.749. The molecule has 2 aliphatic rings. The van der Waals surface area contributed by atoms with Crippen molar-refractivity contribution in [1.29, 1.82) is 0 Å². The van der Waals surface area contributed by atoms with Gasteiger partial charge in [0.1, 0.15) is 0 Å². The zero-order valence-electron chi connectivity index (χ0n) is 19.8. The quantitative estimate of drug-likeness (QED) is 0.317. The van der Waals surface area contributed by atoms with Gasteiger partial charge in [0.2, 0.25) is 5.91 Å². The molecule has 0 radical (unpaired) electrons. The fraction of sp³-hybridized carbons (Fsp3) is 0.680. The van der Waals surface area contributed by atoms with E-state index in [1.807, 2.05) is 6.07 Å². The molecule has 1 heterocycles. The Labute approximate surface area is 216 Å². The summed E-state index contributed by atoms with van der Waals surface area (Å²) in [6, 6.07) is 5.11. The number of nitrogens with zero attached hydrogens (tertiary/aromatic N) is 1. The van der Waals surface area contributed by atoms with Crippen molar-refractivity contribution in [3.63, 3.8) is 0 Å². The summed E-state index contributed by atoms with van der Waals surface area (Å²) in [5.41, 5.74) is 7.39. The highest BCUT2D eigenvalue weighted by molar-refractivity contribution is 14.1. The molecule has 8 heteroatoms. The highest BCUT2D eigenvalue weighted by Crippen LogP contribution is 2.33. The first-order chi connectivity index (χ1) is 15.8. The van der Waals surface area contributed by atoms with E-state index in [0.717, 1.165) is 34.8 Å². The maximum absolute atomic E-state index is 13.3. The van der Waals surface area contributed by atoms with Gasteiger partial charge in [-0.3, -0.25) is 9.59 Å². The molecule has 3 rings (SSSR count). The Morgan fingerprint density at radius 1 is 1.27 bits per heavy atom. The van der Waals surface area contributed by atoms with Crippen molar-refractivity contribution in [3.8, 4) is 0 Å². The third-order valence-electron chi connectivity index (χ3n) is 6.97. The van der Waals surface area contributed by atoms with Crippen LogP contribution in [0.1, 0.15) is 61.9 Å². The van der Waals surface area contributed by atoms with E-state index < -0.39 is 0 Å². The van der Waals surface area contributed by atoms with Gasteiger partial charge in [-0.25, -0.2) is 0 Å². The average Bonchev–Trinajstić information content (AvgIpc) is 2.91. The summed E-state index contributed by atoms with van der Waals surface area (Å²) in [5.74, 6) is 2.06. The smallest absolute Gasteiger partial charge is 0.251 e. The summed E-state index contributed by atoms with van der Waals surface area (Å²) in [7, 11) is 0. The third kappa shape index (κ3) is 7.54. The summed E-state index contributed by atoms with van der Waals surface area (Å²) in [6.07, 6.45) is 5.10. The Morgan fingerprint density at radius 3 is 2.67 bits per heavy atom. The van der Waals surface area contributed by atoms with Crippen molar-refractivity contribution < 1.29 is 9.59 Å². The average molecular weight is 589 g/mol. The van der Waals surface area contributed by atoms with Crippen molar-refractivity contribution in [2.45, 2.75) is 62.5 Å². The molecule has 4 atom stereocenters. The number of alkyl halides is 1. The molecule has 1 aliphatic heterocycles. The lowest BCUT2D eigenvalue weighted by molar-refractivity contribution is -0.133. The van der Waals surface area contributed by atoms with E-state index in [-0.39, 0.29) is 23.9 Å². The van der Waals surface area contributed by atoms with Gasteiger partial charge in [-0.1, -0.05) is 48.0 Å². The Balaban J connectivity index is 1.61. The van der Waals surface area contributed by atoms with Gasteiger partial charge in [0, 0.05) is 40.7 Å². The van der Waals surface area contributed by atoms with Crippen LogP contribution in [0.3, 0.4) is 0 Å². The van der Waals surface area contributed by atoms with E-state index >= 15 is 0 Å². The highest BCUT2D eigenvalue weighted by atomic mass is 127. The summed E-state index contributed by atoms with van der Waals surface area (Å²) in [5, 5.41) is 7.20. The highest BCUT2D eigenvalue weighted by Gasteiger charge is 2.33. The molecule has 0 spiro atoms. The van der Waals surface area contributed by atoms with E-state index in [2.05, 4.69) is 52.0 Å². The molecular weight excluding hydrogens is 551 g/mol. The van der Waals surface area contributed by atoms with Crippen molar-refractivity contribution in [1.82, 2.24) is 15.5 Å². The van der Waals surface area contributed by atoms with Crippen LogP contribution >= 0.6 is 34.2 Å². The van der Waals surface area contributed by atoms with Crippen LogP contribution in [0, 0.1) is 17.8 Å². The second-order valence-electron chi connectivity index (χ2n) is 10.00. The minimum Gasteiger partial charge on any atom is -0.350 e. The number of halogens is 2. The van der Waals surface area contributed by atoms with Crippen LogP contribution in [0.15, 0.2) is 18.2 Å². The van der Waals surface area contributed by atoms with Crippen LogP contribution in [-0.4, -0.2) is 55.0 Å². The molecule has 4 N–H and O–H groups in total. The molecule has 33 heavy (non-hydrogen) atoms. The molecule has 1 aromatic carbocycles. The largest absolute Gasteiger partial charge is 0.350 e. The van der Waals surface area contributed by atoms with Crippen molar-refractivity contribution in [2.24, 2.45) is 23.5 Å². The molecule has 184 valence electrons. The van der Waals surface area contributed by atoms with Gasteiger partial charge in [0.15, 0.2) is 0 Å². The number of hydrogen-bond donors (Lipinski definition) is 3. The molecule has 2 amide bonds. The first-order valence-corrected chi connectivity index (χ1v) is 14.1. The van der Waals surface area contributed by atoms with Crippen molar-refractivity contribution >= 4 is 46.0 Å². The third-order valence-corrected chi connectivity index (χ3v) is 8.16. The molecule has 6 nitrogen and oxygen atoms in total. The number of nitrogens with one attached hydrogen (secondary N) is 2. The monoisotopic (exact) mass is 588 g/mol. The lowest BCUT2D eigenvalue weighted by Gasteiger charge is -2.35. The van der Waals surface area contributed by atoms with Gasteiger partial charge in [-0.2, -0.15) is 0 Å². The summed E-state index contributed by atoms with van der Waals surface area (Å²) >= 11 is 8.43. The maximum atomic E-state index is 13.3. The predicted octanol–water partition coefficient (Wildman–Crippen LogP) is 3.99. The molecule has 0 aromatic heterocycles. The zero-order chi connectivity index (χ0) is 24.0. The number of carbonyl (C=O) groups excluding carboxylic acids is 2. The second kappa shape index (κ2) is 12.7. The van der Waals surface area contributed by atoms with Crippen molar-refractivity contribution in [3.05, 3.63) is 34.3 Å². The second-order valence-corrected chi connectivity index (χ2v) is 11.2. The minimum atomic E-state index is -0.293. The molecular formula is C25H38ClIN4O2. The minimum absolute atomic E-state index is 0.0278. The van der Waals surface area contributed by atoms with Crippen LogP contribution in [-0.2, 0) is 9.22 Å². The topological polar surface area (TPSA) is 87.5 Å². The number of carbonyl (C=O) groups is 2. The zero-order valence-corrected chi connectivity index (χ0v) is 22.7. The fourth-order valence-electron chi connectivity index (χ4n) is 5.51. The molecule has 2 fully saturated rings. The standard InChI is InChI=1S/C25H38ClIN4O2/c1-16-9-17(2)11-18(10-16)15-31-8-6-21(30-23(5-7-28)25(31)33)14-29-24(32)19-3-4-22(26)20(12-19)13-27/h3-4,12,16-18,21,23,30H,5-11,13-15,28H2,1-2H3,(H,29,32)/t16?,17?,18?,21-,23-/m0/s1. The number of nitrogens with two attached hydrogens (primary N) is 1. The Kier molecular flexibility index (Phi) is 10.3. The van der Waals surface area contributed by atoms with Crippen LogP contribution in [0.4, 0.5) is 0 Å². The lowest BCUT2D eigenvalue weighted by atomic mass is 9.76. The van der Waals surface area contributed by atoms with Crippen LogP contribution in [0.25, 0.3) is 0 Å². The first-order valence-electron chi connectivity index (χ1n) is 12.2. The SMILES string of the molecule is CC1CC(C)CC(CN2CC[C@@H](CNC(=O)c3ccc(Cl)c(CI)c3)N[C@@H](CCN)C2=O)C1. The van der Waals surface area contributed by atoms with Gasteiger partial charge in [0.05, 0.1) is 6.04 Å². The van der Waals surface area contributed by atoms with Gasteiger partial charge < -0.3 is 21.3 Å². The molecule has 2 unspecified atom stereocenters. The van der Waals surface area contributed by atoms with Gasteiger partial charge in [-0.15, -0.1) is 0 Å². The number of hydrogen-bond acceptors (Lipinski definition) is 4. The molecule has 1 aliphatic carbocycles. The van der Waals surface area contributed by atoms with Crippen LogP contribution in [0.2, 0.25) is 5.02 Å². The van der Waals surface area contributed by atoms with Gasteiger partial charge in [0.25, 0.3) is 5.91 Å². The maximum Gasteiger partial charge on any atom is 0.251 e. The van der Waals surface area contributed by atoms with E-state index in [1.54, 1.807) is 12.1 Å². The van der Waals surface area contributed by atoms with Crippen LogP contribution in [0.5, 0.6) is 0 Å². The van der Waals surface area contributed by atoms with E-state index in [1.165, 1.54) is 19.3 Å². The van der Waals surface area contributed by atoms with Crippen molar-refractivity contribution in [2.75, 3.05) is 26.2 Å². The number of benzene rings is 1. The summed E-state index contributed by atoms with van der Waals surface area (Å²) in [6.45, 7) is 7.13. The van der Waals surface area contributed by atoms with Crippen LogP contribution < -0.4 is 16.4 Å². The summed E-state index contributed by atoms with van der Waals surface area (Å²) in [4.78, 5) is 28.1. The van der Waals surface area contributed by atoms with E-state index in [4.69, 9.17) is 17.3 Å². The van der Waals surface area contributed by atoms with E-state index in [9.17, 15) is 9.59 Å². The molecule has 1 saturated heterocycles. The number of rotatable bonds is 8.